The first-order chi connectivity index (χ1) is 10.7. The van der Waals surface area contributed by atoms with Crippen molar-refractivity contribution in [3.63, 3.8) is 0 Å². The molecule has 4 N–H and O–H groups in total. The molecule has 0 fully saturated rings. The van der Waals surface area contributed by atoms with Crippen molar-refractivity contribution < 1.29 is 9.47 Å². The van der Waals surface area contributed by atoms with Crippen LogP contribution >= 0.6 is 0 Å². The minimum atomic E-state index is 0.200. The van der Waals surface area contributed by atoms with Gasteiger partial charge in [0.2, 0.25) is 0 Å². The number of aliphatic imine (C=N–C) groups is 2. The van der Waals surface area contributed by atoms with Crippen LogP contribution in [0.5, 0.6) is 11.5 Å². The number of hydrogen-bond acceptors (Lipinski definition) is 4. The van der Waals surface area contributed by atoms with Crippen LogP contribution in [0.25, 0.3) is 0 Å². The summed E-state index contributed by atoms with van der Waals surface area (Å²) in [6.07, 6.45) is 6.44. The number of methoxy groups -OCH3 is 2. The Hall–Kier alpha value is -2.24. The van der Waals surface area contributed by atoms with Crippen molar-refractivity contribution in [1.29, 1.82) is 0 Å². The van der Waals surface area contributed by atoms with Gasteiger partial charge in [0.1, 0.15) is 0 Å². The highest BCUT2D eigenvalue weighted by Crippen LogP contribution is 2.28. The normalized spacial score (nSPS) is 12.8. The predicted molar refractivity (Wildman–Crippen MR) is 91.1 cm³/mol. The molecule has 1 aromatic rings. The fraction of sp³-hybridized carbons (Fsp3) is 0.500. The lowest BCUT2D eigenvalue weighted by Crippen LogP contribution is -2.09. The van der Waals surface area contributed by atoms with E-state index in [-0.39, 0.29) is 6.04 Å². The number of nitrogens with two attached hydrogens (primary N) is 2. The summed E-state index contributed by atoms with van der Waals surface area (Å²) in [5, 5.41) is 0. The first kappa shape index (κ1) is 17.8. The van der Waals surface area contributed by atoms with E-state index >= 15 is 0 Å². The number of aryl methyl sites for hydroxylation is 1. The minimum absolute atomic E-state index is 0.200. The largest absolute Gasteiger partial charge is 0.493 e. The van der Waals surface area contributed by atoms with Gasteiger partial charge in [0.15, 0.2) is 11.5 Å². The first-order valence-electron chi connectivity index (χ1n) is 7.39. The summed E-state index contributed by atoms with van der Waals surface area (Å²) in [7, 11) is 3.27. The second kappa shape index (κ2) is 10.5. The third-order valence-corrected chi connectivity index (χ3v) is 3.44. The monoisotopic (exact) mass is 306 g/mol. The fourth-order valence-corrected chi connectivity index (χ4v) is 2.28. The van der Waals surface area contributed by atoms with E-state index in [2.05, 4.69) is 9.98 Å². The Morgan fingerprint density at radius 1 is 1.09 bits per heavy atom. The van der Waals surface area contributed by atoms with Crippen LogP contribution in [0.2, 0.25) is 0 Å². The lowest BCUT2D eigenvalue weighted by atomic mass is 10.0. The smallest absolute Gasteiger partial charge is 0.160 e. The molecule has 0 saturated heterocycles. The summed E-state index contributed by atoms with van der Waals surface area (Å²) in [6, 6.07) is 6.17. The van der Waals surface area contributed by atoms with Crippen molar-refractivity contribution in [3.05, 3.63) is 23.8 Å². The standard InChI is InChI=1S/C16H26N4O2/c1-21-15-8-6-13(10-16(15)22-2)5-7-14(20-12-18)4-3-9-19-11-17/h6,8,10-12,14H,3-5,7,9H2,1-2H3,(H2,17,19)(H2,18,20)/t14-/m1/s1. The summed E-state index contributed by atoms with van der Waals surface area (Å²) < 4.78 is 10.6. The van der Waals surface area contributed by atoms with E-state index in [1.54, 1.807) is 14.2 Å². The minimum Gasteiger partial charge on any atom is -0.493 e. The van der Waals surface area contributed by atoms with Crippen LogP contribution in [0.15, 0.2) is 28.2 Å². The molecule has 0 aromatic heterocycles. The number of benzene rings is 1. The Labute approximate surface area is 132 Å². The molecule has 0 aliphatic carbocycles. The van der Waals surface area contributed by atoms with Crippen LogP contribution in [0.3, 0.4) is 0 Å². The average Bonchev–Trinajstić information content (AvgIpc) is 2.56. The molecule has 0 saturated carbocycles. The predicted octanol–water partition coefficient (Wildman–Crippen LogP) is 1.76. The fourth-order valence-electron chi connectivity index (χ4n) is 2.28. The van der Waals surface area contributed by atoms with Crippen molar-refractivity contribution >= 4 is 12.7 Å². The van der Waals surface area contributed by atoms with E-state index in [1.165, 1.54) is 18.2 Å². The van der Waals surface area contributed by atoms with E-state index in [9.17, 15) is 0 Å². The average molecular weight is 306 g/mol. The van der Waals surface area contributed by atoms with Crippen molar-refractivity contribution in [2.24, 2.45) is 21.5 Å². The van der Waals surface area contributed by atoms with E-state index < -0.39 is 0 Å². The van der Waals surface area contributed by atoms with Gasteiger partial charge in [-0.3, -0.25) is 9.98 Å². The molecule has 0 aliphatic rings. The Kier molecular flexibility index (Phi) is 8.49. The second-order valence-electron chi connectivity index (χ2n) is 4.88. The molecule has 0 amide bonds. The molecule has 122 valence electrons. The molecule has 0 unspecified atom stereocenters. The van der Waals surface area contributed by atoms with Gasteiger partial charge in [-0.05, 0) is 43.4 Å². The highest BCUT2D eigenvalue weighted by Gasteiger charge is 2.09. The topological polar surface area (TPSA) is 95.2 Å². The summed E-state index contributed by atoms with van der Waals surface area (Å²) in [4.78, 5) is 8.33. The summed E-state index contributed by atoms with van der Waals surface area (Å²) in [6.45, 7) is 0.726. The maximum atomic E-state index is 5.43. The van der Waals surface area contributed by atoms with Crippen molar-refractivity contribution in [3.8, 4) is 11.5 Å². The number of ether oxygens (including phenoxy) is 2. The highest BCUT2D eigenvalue weighted by atomic mass is 16.5. The van der Waals surface area contributed by atoms with E-state index in [0.29, 0.717) is 0 Å². The number of hydrogen-bond donors (Lipinski definition) is 2. The maximum Gasteiger partial charge on any atom is 0.160 e. The molecule has 0 radical (unpaired) electrons. The first-order valence-corrected chi connectivity index (χ1v) is 7.39. The molecule has 0 bridgehead atoms. The van der Waals surface area contributed by atoms with Crippen LogP contribution in [-0.4, -0.2) is 39.5 Å². The van der Waals surface area contributed by atoms with Gasteiger partial charge in [0.05, 0.1) is 32.9 Å². The van der Waals surface area contributed by atoms with Crippen LogP contribution in [0.4, 0.5) is 0 Å². The van der Waals surface area contributed by atoms with Gasteiger partial charge in [-0.15, -0.1) is 0 Å². The molecule has 1 atom stereocenters. The summed E-state index contributed by atoms with van der Waals surface area (Å²) >= 11 is 0. The zero-order valence-electron chi connectivity index (χ0n) is 13.4. The van der Waals surface area contributed by atoms with Crippen molar-refractivity contribution in [2.75, 3.05) is 20.8 Å². The van der Waals surface area contributed by atoms with Gasteiger partial charge in [-0.25, -0.2) is 0 Å². The zero-order valence-corrected chi connectivity index (χ0v) is 13.4. The molecule has 1 aromatic carbocycles. The Balaban J connectivity index is 2.56. The van der Waals surface area contributed by atoms with Gasteiger partial charge in [0.25, 0.3) is 0 Å². The van der Waals surface area contributed by atoms with Crippen molar-refractivity contribution in [1.82, 2.24) is 0 Å². The third-order valence-electron chi connectivity index (χ3n) is 3.44. The van der Waals surface area contributed by atoms with Crippen LogP contribution in [-0.2, 0) is 6.42 Å². The lowest BCUT2D eigenvalue weighted by molar-refractivity contribution is 0.354. The zero-order chi connectivity index (χ0) is 16.2. The van der Waals surface area contributed by atoms with Gasteiger partial charge in [-0.1, -0.05) is 6.07 Å². The summed E-state index contributed by atoms with van der Waals surface area (Å²) in [5.74, 6) is 1.48. The SMILES string of the molecule is COc1ccc(CC[C@@H](CCCN=CN)N=CN)cc1OC. The van der Waals surface area contributed by atoms with Crippen molar-refractivity contribution in [2.45, 2.75) is 31.7 Å². The highest BCUT2D eigenvalue weighted by molar-refractivity contribution is 5.51. The molecule has 0 heterocycles. The molecule has 0 aliphatic heterocycles. The van der Waals surface area contributed by atoms with E-state index in [0.717, 1.165) is 43.7 Å². The molecule has 6 heteroatoms. The second-order valence-corrected chi connectivity index (χ2v) is 4.88. The molecular formula is C16H26N4O2. The molecule has 6 nitrogen and oxygen atoms in total. The van der Waals surface area contributed by atoms with Crippen LogP contribution in [0.1, 0.15) is 24.8 Å². The molecule has 0 spiro atoms. The van der Waals surface area contributed by atoms with E-state index in [1.807, 2.05) is 18.2 Å². The third kappa shape index (κ3) is 6.03. The van der Waals surface area contributed by atoms with Crippen LogP contribution < -0.4 is 20.9 Å². The van der Waals surface area contributed by atoms with Gasteiger partial charge in [0, 0.05) is 6.54 Å². The summed E-state index contributed by atoms with van der Waals surface area (Å²) in [5.41, 5.74) is 11.9. The van der Waals surface area contributed by atoms with Crippen LogP contribution in [0, 0.1) is 0 Å². The Bertz CT molecular complexity index is 489. The Morgan fingerprint density at radius 2 is 1.86 bits per heavy atom. The van der Waals surface area contributed by atoms with Gasteiger partial charge < -0.3 is 20.9 Å². The number of rotatable bonds is 10. The molecule has 1 rings (SSSR count). The maximum absolute atomic E-state index is 5.43. The van der Waals surface area contributed by atoms with Gasteiger partial charge in [-0.2, -0.15) is 0 Å². The van der Waals surface area contributed by atoms with Gasteiger partial charge >= 0.3 is 0 Å². The lowest BCUT2D eigenvalue weighted by Gasteiger charge is -2.13. The quantitative estimate of drug-likeness (QED) is 0.391. The molecule has 22 heavy (non-hydrogen) atoms. The molecular weight excluding hydrogens is 280 g/mol. The Morgan fingerprint density at radius 3 is 2.50 bits per heavy atom. The number of nitrogens with zero attached hydrogens (tertiary/aromatic N) is 2. The van der Waals surface area contributed by atoms with E-state index in [4.69, 9.17) is 20.9 Å².